The number of nitrogens with one attached hydrogen (secondary N) is 1. The normalized spacial score (nSPS) is 12.2. The topological polar surface area (TPSA) is 59.8 Å². The van der Waals surface area contributed by atoms with E-state index in [0.29, 0.717) is 10.3 Å². The zero-order valence-corrected chi connectivity index (χ0v) is 12.0. The van der Waals surface area contributed by atoms with Gasteiger partial charge >= 0.3 is 0 Å². The van der Waals surface area contributed by atoms with Crippen molar-refractivity contribution in [3.05, 3.63) is 46.2 Å². The van der Waals surface area contributed by atoms with Gasteiger partial charge in [0.15, 0.2) is 5.82 Å². The number of carbonyl (C=O) groups is 1. The van der Waals surface area contributed by atoms with Crippen LogP contribution in [0.3, 0.4) is 0 Å². The maximum absolute atomic E-state index is 13.4. The Morgan fingerprint density at radius 3 is 2.84 bits per heavy atom. The molecule has 0 saturated carbocycles. The average Bonchev–Trinajstić information content (AvgIpc) is 2.79. The van der Waals surface area contributed by atoms with Crippen LogP contribution in [0.4, 0.5) is 4.39 Å². The molecule has 0 aliphatic heterocycles. The number of halogens is 2. The van der Waals surface area contributed by atoms with Crippen molar-refractivity contribution in [2.24, 2.45) is 7.05 Å². The molecule has 100 valence electrons. The van der Waals surface area contributed by atoms with E-state index in [-0.39, 0.29) is 17.5 Å². The molecule has 5 nitrogen and oxygen atoms in total. The van der Waals surface area contributed by atoms with Gasteiger partial charge in [0.25, 0.3) is 5.91 Å². The Kier molecular flexibility index (Phi) is 3.94. The highest BCUT2D eigenvalue weighted by Crippen LogP contribution is 2.17. The van der Waals surface area contributed by atoms with Crippen LogP contribution in [-0.2, 0) is 7.05 Å². The van der Waals surface area contributed by atoms with Gasteiger partial charge in [-0.25, -0.2) is 4.39 Å². The Morgan fingerprint density at radius 2 is 2.26 bits per heavy atom. The van der Waals surface area contributed by atoms with Crippen molar-refractivity contribution in [3.8, 4) is 0 Å². The fraction of sp³-hybridized carbons (Fsp3) is 0.250. The SMILES string of the molecule is CC(NC(=O)c1ccc(Br)c(F)c1)c1nncn1C. The first-order valence-electron chi connectivity index (χ1n) is 5.59. The van der Waals surface area contributed by atoms with Crippen molar-refractivity contribution in [2.75, 3.05) is 0 Å². The van der Waals surface area contributed by atoms with Crippen molar-refractivity contribution in [1.29, 1.82) is 0 Å². The van der Waals surface area contributed by atoms with E-state index >= 15 is 0 Å². The first-order chi connectivity index (χ1) is 8.99. The zero-order valence-electron chi connectivity index (χ0n) is 10.4. The van der Waals surface area contributed by atoms with E-state index in [1.807, 2.05) is 0 Å². The summed E-state index contributed by atoms with van der Waals surface area (Å²) in [5.41, 5.74) is 0.259. The van der Waals surface area contributed by atoms with Crippen molar-refractivity contribution < 1.29 is 9.18 Å². The van der Waals surface area contributed by atoms with Gasteiger partial charge in [0.2, 0.25) is 0 Å². The van der Waals surface area contributed by atoms with E-state index in [4.69, 9.17) is 0 Å². The maximum atomic E-state index is 13.4. The fourth-order valence-electron chi connectivity index (χ4n) is 1.67. The Hall–Kier alpha value is -1.76. The largest absolute Gasteiger partial charge is 0.342 e. The number of aromatic nitrogens is 3. The minimum Gasteiger partial charge on any atom is -0.342 e. The lowest BCUT2D eigenvalue weighted by Crippen LogP contribution is -2.28. The standard InChI is InChI=1S/C12H12BrFN4O/c1-7(11-17-15-6-18(11)2)16-12(19)8-3-4-9(13)10(14)5-8/h3-7H,1-2H3,(H,16,19). The highest BCUT2D eigenvalue weighted by atomic mass is 79.9. The summed E-state index contributed by atoms with van der Waals surface area (Å²) < 4.78 is 15.4. The zero-order chi connectivity index (χ0) is 14.0. The molecular weight excluding hydrogens is 315 g/mol. The number of nitrogens with zero attached hydrogens (tertiary/aromatic N) is 3. The van der Waals surface area contributed by atoms with Gasteiger partial charge in [-0.15, -0.1) is 10.2 Å². The lowest BCUT2D eigenvalue weighted by atomic mass is 10.2. The molecular formula is C12H12BrFN4O. The van der Waals surface area contributed by atoms with Crippen LogP contribution in [0.1, 0.15) is 29.1 Å². The number of benzene rings is 1. The molecule has 1 amide bonds. The molecule has 2 aromatic rings. The molecule has 0 saturated heterocycles. The second-order valence-electron chi connectivity index (χ2n) is 4.12. The predicted octanol–water partition coefficient (Wildman–Crippen LogP) is 2.21. The van der Waals surface area contributed by atoms with Crippen LogP contribution in [-0.4, -0.2) is 20.7 Å². The van der Waals surface area contributed by atoms with Crippen LogP contribution in [0.25, 0.3) is 0 Å². The number of rotatable bonds is 3. The van der Waals surface area contributed by atoms with Gasteiger partial charge in [-0.05, 0) is 41.1 Å². The Morgan fingerprint density at radius 1 is 1.53 bits per heavy atom. The van der Waals surface area contributed by atoms with Gasteiger partial charge in [-0.1, -0.05) is 0 Å². The molecule has 0 spiro atoms. The third-order valence-corrected chi connectivity index (χ3v) is 3.31. The van der Waals surface area contributed by atoms with Crippen LogP contribution >= 0.6 is 15.9 Å². The molecule has 1 aromatic carbocycles. The monoisotopic (exact) mass is 326 g/mol. The molecule has 0 aliphatic carbocycles. The smallest absolute Gasteiger partial charge is 0.251 e. The molecule has 1 unspecified atom stereocenters. The van der Waals surface area contributed by atoms with Crippen LogP contribution in [0.15, 0.2) is 29.0 Å². The molecule has 1 atom stereocenters. The molecule has 19 heavy (non-hydrogen) atoms. The van der Waals surface area contributed by atoms with Gasteiger partial charge in [-0.3, -0.25) is 4.79 Å². The van der Waals surface area contributed by atoms with E-state index in [2.05, 4.69) is 31.4 Å². The summed E-state index contributed by atoms with van der Waals surface area (Å²) in [5, 5.41) is 10.4. The molecule has 1 aromatic heterocycles. The first kappa shape index (κ1) is 13.7. The lowest BCUT2D eigenvalue weighted by molar-refractivity contribution is 0.0937. The third-order valence-electron chi connectivity index (χ3n) is 2.66. The van der Waals surface area contributed by atoms with E-state index in [1.165, 1.54) is 12.1 Å². The summed E-state index contributed by atoms with van der Waals surface area (Å²) in [6.45, 7) is 1.79. The second kappa shape index (κ2) is 5.48. The molecule has 1 N–H and O–H groups in total. The van der Waals surface area contributed by atoms with Crippen molar-refractivity contribution >= 4 is 21.8 Å². The maximum Gasteiger partial charge on any atom is 0.251 e. The summed E-state index contributed by atoms with van der Waals surface area (Å²) in [7, 11) is 1.79. The average molecular weight is 327 g/mol. The third kappa shape index (κ3) is 2.98. The fourth-order valence-corrected chi connectivity index (χ4v) is 1.91. The van der Waals surface area contributed by atoms with Crippen LogP contribution in [0.5, 0.6) is 0 Å². The van der Waals surface area contributed by atoms with Gasteiger partial charge in [-0.2, -0.15) is 0 Å². The molecule has 0 aliphatic rings. The van der Waals surface area contributed by atoms with Crippen molar-refractivity contribution in [1.82, 2.24) is 20.1 Å². The summed E-state index contributed by atoms with van der Waals surface area (Å²) in [6.07, 6.45) is 1.55. The van der Waals surface area contributed by atoms with Crippen LogP contribution in [0, 0.1) is 5.82 Å². The minimum atomic E-state index is -0.473. The molecule has 0 radical (unpaired) electrons. The van der Waals surface area contributed by atoms with E-state index in [1.54, 1.807) is 30.9 Å². The lowest BCUT2D eigenvalue weighted by Gasteiger charge is -2.13. The highest BCUT2D eigenvalue weighted by molar-refractivity contribution is 9.10. The number of hydrogen-bond acceptors (Lipinski definition) is 3. The quantitative estimate of drug-likeness (QED) is 0.940. The molecule has 0 bridgehead atoms. The summed E-state index contributed by atoms with van der Waals surface area (Å²) in [4.78, 5) is 12.0. The van der Waals surface area contributed by atoms with E-state index in [0.717, 1.165) is 0 Å². The van der Waals surface area contributed by atoms with Crippen molar-refractivity contribution in [2.45, 2.75) is 13.0 Å². The second-order valence-corrected chi connectivity index (χ2v) is 4.98. The molecule has 7 heteroatoms. The first-order valence-corrected chi connectivity index (χ1v) is 6.38. The summed E-state index contributed by atoms with van der Waals surface area (Å²) >= 11 is 3.04. The predicted molar refractivity (Wildman–Crippen MR) is 71.0 cm³/mol. The number of amides is 1. The Bertz CT molecular complexity index is 614. The van der Waals surface area contributed by atoms with Gasteiger partial charge in [0.1, 0.15) is 12.1 Å². The number of carbonyl (C=O) groups excluding carboxylic acids is 1. The number of aryl methyl sites for hydroxylation is 1. The van der Waals surface area contributed by atoms with Gasteiger partial charge < -0.3 is 9.88 Å². The van der Waals surface area contributed by atoms with E-state index in [9.17, 15) is 9.18 Å². The van der Waals surface area contributed by atoms with Gasteiger partial charge in [0.05, 0.1) is 10.5 Å². The molecule has 0 fully saturated rings. The van der Waals surface area contributed by atoms with Gasteiger partial charge in [0, 0.05) is 12.6 Å². The minimum absolute atomic E-state index is 0.259. The van der Waals surface area contributed by atoms with Crippen molar-refractivity contribution in [3.63, 3.8) is 0 Å². The summed E-state index contributed by atoms with van der Waals surface area (Å²) in [5.74, 6) is -0.202. The molecule has 1 heterocycles. The van der Waals surface area contributed by atoms with Crippen LogP contribution < -0.4 is 5.32 Å². The summed E-state index contributed by atoms with van der Waals surface area (Å²) in [6, 6.07) is 3.91. The van der Waals surface area contributed by atoms with E-state index < -0.39 is 5.82 Å². The Labute approximate surface area is 118 Å². The number of hydrogen-bond donors (Lipinski definition) is 1. The highest BCUT2D eigenvalue weighted by Gasteiger charge is 2.16. The molecule has 2 rings (SSSR count). The Balaban J connectivity index is 2.13. The van der Waals surface area contributed by atoms with Crippen LogP contribution in [0.2, 0.25) is 0 Å².